The highest BCUT2D eigenvalue weighted by molar-refractivity contribution is 7.14. The summed E-state index contributed by atoms with van der Waals surface area (Å²) in [5.74, 6) is -2.04. The number of amides is 1. The van der Waals surface area contributed by atoms with Crippen LogP contribution >= 0.6 is 11.3 Å². The summed E-state index contributed by atoms with van der Waals surface area (Å²) in [5, 5.41) is 11.4. The van der Waals surface area contributed by atoms with Crippen LogP contribution in [0.3, 0.4) is 0 Å². The Hall–Kier alpha value is -3.46. The minimum atomic E-state index is -4.53. The van der Waals surface area contributed by atoms with Crippen molar-refractivity contribution in [1.29, 1.82) is 0 Å². The van der Waals surface area contributed by atoms with Crippen molar-refractivity contribution in [3.05, 3.63) is 98.2 Å². The van der Waals surface area contributed by atoms with E-state index in [2.05, 4.69) is 4.98 Å². The number of thiazole rings is 1. The molecule has 5 nitrogen and oxygen atoms in total. The molecule has 0 bridgehead atoms. The fourth-order valence-corrected chi connectivity index (χ4v) is 4.81. The predicted molar refractivity (Wildman–Crippen MR) is 117 cm³/mol. The standard InChI is InChI=1S/C24H19F3N2O3S/c1-13-22(33-14(2)28-13)20(30)18-19(16-8-4-3-5-9-16)29(23(32)21(18)31)12-15-7-6-10-17(11-15)24(25,26)27/h3-11,19,31H,12H2,1-2H3. The highest BCUT2D eigenvalue weighted by Gasteiger charge is 2.44. The van der Waals surface area contributed by atoms with Crippen LogP contribution in [0.5, 0.6) is 0 Å². The molecule has 1 unspecified atom stereocenters. The van der Waals surface area contributed by atoms with Crippen molar-refractivity contribution in [3.63, 3.8) is 0 Å². The van der Waals surface area contributed by atoms with E-state index in [0.29, 0.717) is 21.1 Å². The van der Waals surface area contributed by atoms with Crippen LogP contribution in [0.25, 0.3) is 0 Å². The van der Waals surface area contributed by atoms with E-state index in [1.54, 1.807) is 44.2 Å². The zero-order chi connectivity index (χ0) is 23.9. The van der Waals surface area contributed by atoms with Crippen LogP contribution in [-0.4, -0.2) is 26.7 Å². The van der Waals surface area contributed by atoms with Gasteiger partial charge in [-0.25, -0.2) is 4.98 Å². The summed E-state index contributed by atoms with van der Waals surface area (Å²) in [4.78, 5) is 32.3. The SMILES string of the molecule is Cc1nc(C)c(C(=O)C2=C(O)C(=O)N(Cc3cccc(C(F)(F)F)c3)C2c2ccccc2)s1. The number of rotatable bonds is 5. The maximum atomic E-state index is 13.4. The lowest BCUT2D eigenvalue weighted by atomic mass is 9.95. The zero-order valence-corrected chi connectivity index (χ0v) is 18.5. The van der Waals surface area contributed by atoms with E-state index in [9.17, 15) is 27.9 Å². The second-order valence-electron chi connectivity index (χ2n) is 7.68. The minimum Gasteiger partial charge on any atom is -0.503 e. The van der Waals surface area contributed by atoms with Crippen LogP contribution in [0.4, 0.5) is 13.2 Å². The molecule has 1 aliphatic heterocycles. The zero-order valence-electron chi connectivity index (χ0n) is 17.7. The van der Waals surface area contributed by atoms with Crippen molar-refractivity contribution in [1.82, 2.24) is 9.88 Å². The Balaban J connectivity index is 1.78. The van der Waals surface area contributed by atoms with E-state index >= 15 is 0 Å². The minimum absolute atomic E-state index is 0.107. The number of nitrogens with zero attached hydrogens (tertiary/aromatic N) is 2. The van der Waals surface area contributed by atoms with Crippen LogP contribution in [-0.2, 0) is 17.5 Å². The summed E-state index contributed by atoms with van der Waals surface area (Å²) in [6.45, 7) is 3.20. The highest BCUT2D eigenvalue weighted by Crippen LogP contribution is 2.41. The summed E-state index contributed by atoms with van der Waals surface area (Å²) < 4.78 is 39.5. The number of carbonyl (C=O) groups is 2. The number of aryl methyl sites for hydroxylation is 2. The Bertz CT molecular complexity index is 1270. The van der Waals surface area contributed by atoms with Gasteiger partial charge in [0.05, 0.1) is 32.8 Å². The molecule has 4 rings (SSSR count). The molecule has 0 fully saturated rings. The van der Waals surface area contributed by atoms with E-state index in [0.717, 1.165) is 23.5 Å². The van der Waals surface area contributed by atoms with Gasteiger partial charge in [0.2, 0.25) is 5.78 Å². The maximum Gasteiger partial charge on any atom is 0.416 e. The molecule has 0 spiro atoms. The van der Waals surface area contributed by atoms with Gasteiger partial charge in [-0.05, 0) is 37.1 Å². The molecule has 0 saturated heterocycles. The third kappa shape index (κ3) is 4.28. The largest absolute Gasteiger partial charge is 0.503 e. The first-order chi connectivity index (χ1) is 15.6. The second kappa shape index (κ2) is 8.47. The lowest BCUT2D eigenvalue weighted by Crippen LogP contribution is -2.30. The number of halogens is 3. The van der Waals surface area contributed by atoms with Crippen molar-refractivity contribution >= 4 is 23.0 Å². The van der Waals surface area contributed by atoms with E-state index < -0.39 is 35.2 Å². The lowest BCUT2D eigenvalue weighted by molar-refractivity contribution is -0.137. The molecule has 1 amide bonds. The van der Waals surface area contributed by atoms with Crippen molar-refractivity contribution < 1.29 is 27.9 Å². The van der Waals surface area contributed by atoms with Crippen molar-refractivity contribution in [2.45, 2.75) is 32.6 Å². The fraction of sp³-hybridized carbons (Fsp3) is 0.208. The third-order valence-electron chi connectivity index (χ3n) is 5.38. The number of aliphatic hydroxyl groups is 1. The van der Waals surface area contributed by atoms with Crippen LogP contribution in [0.15, 0.2) is 65.9 Å². The molecular weight excluding hydrogens is 453 g/mol. The molecule has 2 aromatic carbocycles. The molecule has 9 heteroatoms. The van der Waals surface area contributed by atoms with Gasteiger partial charge in [0.1, 0.15) is 0 Å². The number of ketones is 1. The van der Waals surface area contributed by atoms with E-state index in [1.165, 1.54) is 17.0 Å². The molecule has 1 atom stereocenters. The Kier molecular flexibility index (Phi) is 5.84. The quantitative estimate of drug-likeness (QED) is 0.494. The van der Waals surface area contributed by atoms with Crippen LogP contribution in [0.2, 0.25) is 0 Å². The molecular formula is C24H19F3N2O3S. The molecule has 1 aromatic heterocycles. The van der Waals surface area contributed by atoms with Gasteiger partial charge in [0, 0.05) is 6.54 Å². The molecule has 170 valence electrons. The number of carbonyl (C=O) groups excluding carboxylic acids is 2. The summed E-state index contributed by atoms with van der Waals surface area (Å²) in [5.41, 5.74) is 0.324. The van der Waals surface area contributed by atoms with E-state index in [4.69, 9.17) is 0 Å². The van der Waals surface area contributed by atoms with Gasteiger partial charge in [-0.2, -0.15) is 13.2 Å². The number of alkyl halides is 3. The van der Waals surface area contributed by atoms with Crippen LogP contribution < -0.4 is 0 Å². The summed E-state index contributed by atoms with van der Waals surface area (Å²) in [6.07, 6.45) is -4.53. The molecule has 0 saturated carbocycles. The van der Waals surface area contributed by atoms with Crippen molar-refractivity contribution in [2.75, 3.05) is 0 Å². The molecule has 0 radical (unpaired) electrons. The average Bonchev–Trinajstić information content (AvgIpc) is 3.24. The molecule has 0 aliphatic carbocycles. The van der Waals surface area contributed by atoms with Crippen LogP contribution in [0, 0.1) is 13.8 Å². The third-order valence-corrected chi connectivity index (χ3v) is 6.45. The summed E-state index contributed by atoms with van der Waals surface area (Å²) in [6, 6.07) is 12.3. The monoisotopic (exact) mass is 472 g/mol. The molecule has 33 heavy (non-hydrogen) atoms. The number of benzene rings is 2. The Morgan fingerprint density at radius 1 is 1.12 bits per heavy atom. The molecule has 1 N–H and O–H groups in total. The number of hydrogen-bond donors (Lipinski definition) is 1. The van der Waals surface area contributed by atoms with Crippen molar-refractivity contribution in [2.24, 2.45) is 0 Å². The van der Waals surface area contributed by atoms with E-state index in [-0.39, 0.29) is 17.7 Å². The summed E-state index contributed by atoms with van der Waals surface area (Å²) in [7, 11) is 0. The molecule has 1 aliphatic rings. The average molecular weight is 472 g/mol. The maximum absolute atomic E-state index is 13.4. The van der Waals surface area contributed by atoms with Crippen molar-refractivity contribution in [3.8, 4) is 0 Å². The number of aromatic nitrogens is 1. The Morgan fingerprint density at radius 2 is 1.82 bits per heavy atom. The first-order valence-electron chi connectivity index (χ1n) is 10.0. The van der Waals surface area contributed by atoms with Gasteiger partial charge >= 0.3 is 6.18 Å². The summed E-state index contributed by atoms with van der Waals surface area (Å²) >= 11 is 1.16. The van der Waals surface area contributed by atoms with Gasteiger partial charge < -0.3 is 10.0 Å². The smallest absolute Gasteiger partial charge is 0.416 e. The Labute approximate surface area is 191 Å². The van der Waals surface area contributed by atoms with Gasteiger partial charge in [-0.3, -0.25) is 9.59 Å². The molecule has 3 aromatic rings. The lowest BCUT2D eigenvalue weighted by Gasteiger charge is -2.27. The van der Waals surface area contributed by atoms with Gasteiger partial charge in [-0.15, -0.1) is 11.3 Å². The second-order valence-corrected chi connectivity index (χ2v) is 8.89. The normalized spacial score (nSPS) is 16.6. The molecule has 2 heterocycles. The first-order valence-corrected chi connectivity index (χ1v) is 10.8. The Morgan fingerprint density at radius 3 is 2.42 bits per heavy atom. The van der Waals surface area contributed by atoms with Crippen LogP contribution in [0.1, 0.15) is 43.1 Å². The van der Waals surface area contributed by atoms with Gasteiger partial charge in [0.15, 0.2) is 5.76 Å². The topological polar surface area (TPSA) is 70.5 Å². The van der Waals surface area contributed by atoms with Gasteiger partial charge in [0.25, 0.3) is 5.91 Å². The highest BCUT2D eigenvalue weighted by atomic mass is 32.1. The predicted octanol–water partition coefficient (Wildman–Crippen LogP) is 5.56. The van der Waals surface area contributed by atoms with Gasteiger partial charge in [-0.1, -0.05) is 42.5 Å². The fourth-order valence-electron chi connectivity index (χ4n) is 3.94. The first kappa shape index (κ1) is 22.7. The number of aliphatic hydroxyl groups excluding tert-OH is 1. The number of Topliss-reactive ketones (excluding diaryl/α,β-unsaturated/α-hetero) is 1. The van der Waals surface area contributed by atoms with E-state index in [1.807, 2.05) is 0 Å². The number of hydrogen-bond acceptors (Lipinski definition) is 5.